The van der Waals surface area contributed by atoms with Crippen LogP contribution >= 0.6 is 11.6 Å². The van der Waals surface area contributed by atoms with Gasteiger partial charge in [-0.05, 0) is 58.1 Å². The van der Waals surface area contributed by atoms with Crippen molar-refractivity contribution in [2.24, 2.45) is 5.41 Å². The van der Waals surface area contributed by atoms with Crippen molar-refractivity contribution in [1.29, 1.82) is 0 Å². The molecule has 9 heteroatoms. The topological polar surface area (TPSA) is 84.2 Å². The summed E-state index contributed by atoms with van der Waals surface area (Å²) in [6, 6.07) is 7.49. The Hall–Kier alpha value is -3.28. The molecule has 0 amide bonds. The van der Waals surface area contributed by atoms with Gasteiger partial charge in [-0.3, -0.25) is 10.1 Å². The average Bonchev–Trinajstić information content (AvgIpc) is 2.77. The van der Waals surface area contributed by atoms with Crippen LogP contribution in [0.3, 0.4) is 0 Å². The summed E-state index contributed by atoms with van der Waals surface area (Å²) in [6.45, 7) is 3.96. The van der Waals surface area contributed by atoms with Crippen molar-refractivity contribution in [3.05, 3.63) is 63.2 Å². The summed E-state index contributed by atoms with van der Waals surface area (Å²) in [5, 5.41) is 15.0. The quantitative estimate of drug-likeness (QED) is 0.335. The Morgan fingerprint density at radius 2 is 2.03 bits per heavy atom. The third-order valence-electron chi connectivity index (χ3n) is 5.74. The van der Waals surface area contributed by atoms with Crippen molar-refractivity contribution >= 4 is 39.7 Å². The first-order valence-corrected chi connectivity index (χ1v) is 10.5. The number of nitrogens with zero attached hydrogens (tertiary/aromatic N) is 4. The Kier molecular flexibility index (Phi) is 5.96. The maximum absolute atomic E-state index is 14.3. The third-order valence-corrected chi connectivity index (χ3v) is 6.04. The SMILES string of the molecule is CN1CCC(C)(C#Cc2cc3ncnc(Nc4cccc(Cl)c4F)c3cc2[N+](=O)[O-])CC1. The van der Waals surface area contributed by atoms with Crippen LogP contribution in [0.25, 0.3) is 10.9 Å². The molecule has 1 fully saturated rings. The summed E-state index contributed by atoms with van der Waals surface area (Å²) >= 11 is 5.85. The maximum Gasteiger partial charge on any atom is 0.285 e. The molecule has 0 saturated carbocycles. The van der Waals surface area contributed by atoms with Crippen molar-refractivity contribution in [2.45, 2.75) is 19.8 Å². The van der Waals surface area contributed by atoms with Crippen LogP contribution in [-0.4, -0.2) is 39.9 Å². The van der Waals surface area contributed by atoms with Gasteiger partial charge < -0.3 is 10.2 Å². The van der Waals surface area contributed by atoms with Gasteiger partial charge in [0.25, 0.3) is 5.69 Å². The minimum atomic E-state index is -0.635. The fourth-order valence-corrected chi connectivity index (χ4v) is 3.80. The fourth-order valence-electron chi connectivity index (χ4n) is 3.63. The molecule has 0 unspecified atom stereocenters. The molecule has 32 heavy (non-hydrogen) atoms. The number of halogens is 2. The van der Waals surface area contributed by atoms with Gasteiger partial charge in [0.2, 0.25) is 0 Å². The van der Waals surface area contributed by atoms with Gasteiger partial charge in [0, 0.05) is 16.9 Å². The Balaban J connectivity index is 1.76. The van der Waals surface area contributed by atoms with Crippen LogP contribution in [0.5, 0.6) is 0 Å². The maximum atomic E-state index is 14.3. The van der Waals surface area contributed by atoms with Crippen molar-refractivity contribution in [3.63, 3.8) is 0 Å². The molecule has 2 aromatic carbocycles. The number of fused-ring (bicyclic) bond motifs is 1. The number of benzene rings is 2. The van der Waals surface area contributed by atoms with Gasteiger partial charge in [-0.15, -0.1) is 0 Å². The van der Waals surface area contributed by atoms with Crippen molar-refractivity contribution < 1.29 is 9.31 Å². The lowest BCUT2D eigenvalue weighted by Crippen LogP contribution is -2.35. The molecule has 0 atom stereocenters. The van der Waals surface area contributed by atoms with Crippen LogP contribution in [-0.2, 0) is 0 Å². The van der Waals surface area contributed by atoms with Crippen LogP contribution in [0, 0.1) is 33.2 Å². The second kappa shape index (κ2) is 8.69. The highest BCUT2D eigenvalue weighted by molar-refractivity contribution is 6.31. The minimum absolute atomic E-state index is 0.0423. The molecule has 1 N–H and O–H groups in total. The Morgan fingerprint density at radius 1 is 1.28 bits per heavy atom. The van der Waals surface area contributed by atoms with E-state index in [9.17, 15) is 14.5 Å². The Labute approximate surface area is 189 Å². The normalized spacial score (nSPS) is 15.8. The van der Waals surface area contributed by atoms with Crippen LogP contribution in [0.1, 0.15) is 25.3 Å². The number of hydrogen-bond acceptors (Lipinski definition) is 6. The predicted octanol–water partition coefficient (Wildman–Crippen LogP) is 5.16. The summed E-state index contributed by atoms with van der Waals surface area (Å²) in [7, 11) is 2.07. The molecule has 1 aromatic heterocycles. The standard InChI is InChI=1S/C23H21ClFN5O2/c1-23(8-10-29(2)11-9-23)7-6-15-12-19-16(13-20(15)30(31)32)22(27-14-26-19)28-18-5-3-4-17(24)21(18)25/h3-5,12-14H,8-11H2,1-2H3,(H,26,27,28). The molecular formula is C23H21ClFN5O2. The summed E-state index contributed by atoms with van der Waals surface area (Å²) in [5.41, 5.74) is 0.525. The summed E-state index contributed by atoms with van der Waals surface area (Å²) < 4.78 is 14.3. The molecule has 0 bridgehead atoms. The number of likely N-dealkylation sites (tertiary alicyclic amines) is 1. The van der Waals surface area contributed by atoms with Crippen molar-refractivity contribution in [3.8, 4) is 11.8 Å². The fraction of sp³-hybridized carbons (Fsp3) is 0.304. The van der Waals surface area contributed by atoms with Crippen LogP contribution in [0.15, 0.2) is 36.7 Å². The van der Waals surface area contributed by atoms with Gasteiger partial charge in [-0.1, -0.05) is 29.5 Å². The smallest absolute Gasteiger partial charge is 0.285 e. The average molecular weight is 454 g/mol. The van der Waals surface area contributed by atoms with Gasteiger partial charge in [-0.25, -0.2) is 14.4 Å². The van der Waals surface area contributed by atoms with Crippen LogP contribution < -0.4 is 5.32 Å². The highest BCUT2D eigenvalue weighted by Crippen LogP contribution is 2.33. The van der Waals surface area contributed by atoms with Crippen molar-refractivity contribution in [1.82, 2.24) is 14.9 Å². The minimum Gasteiger partial charge on any atom is -0.337 e. The van der Waals surface area contributed by atoms with Crippen LogP contribution in [0.2, 0.25) is 5.02 Å². The van der Waals surface area contributed by atoms with E-state index in [1.807, 2.05) is 0 Å². The molecule has 2 heterocycles. The lowest BCUT2D eigenvalue weighted by atomic mass is 9.81. The Morgan fingerprint density at radius 3 is 2.75 bits per heavy atom. The molecule has 0 spiro atoms. The molecule has 1 aliphatic heterocycles. The monoisotopic (exact) mass is 453 g/mol. The van der Waals surface area contributed by atoms with E-state index in [1.165, 1.54) is 24.5 Å². The van der Waals surface area contributed by atoms with Gasteiger partial charge >= 0.3 is 0 Å². The second-order valence-corrected chi connectivity index (χ2v) is 8.61. The zero-order chi connectivity index (χ0) is 22.9. The number of nitro groups is 1. The van der Waals surface area contributed by atoms with Gasteiger partial charge in [-0.2, -0.15) is 0 Å². The van der Waals surface area contributed by atoms with E-state index >= 15 is 0 Å². The number of piperidine rings is 1. The van der Waals surface area contributed by atoms with E-state index in [0.717, 1.165) is 25.9 Å². The number of rotatable bonds is 3. The van der Waals surface area contributed by atoms with E-state index in [2.05, 4.69) is 46.0 Å². The van der Waals surface area contributed by atoms with E-state index in [0.29, 0.717) is 16.5 Å². The zero-order valence-corrected chi connectivity index (χ0v) is 18.4. The van der Waals surface area contributed by atoms with Gasteiger partial charge in [0.05, 0.1) is 21.2 Å². The highest BCUT2D eigenvalue weighted by atomic mass is 35.5. The third kappa shape index (κ3) is 4.49. The lowest BCUT2D eigenvalue weighted by Gasteiger charge is -2.33. The molecule has 7 nitrogen and oxygen atoms in total. The van der Waals surface area contributed by atoms with Gasteiger partial charge in [0.1, 0.15) is 17.7 Å². The molecule has 164 valence electrons. The second-order valence-electron chi connectivity index (χ2n) is 8.21. The molecule has 0 aliphatic carbocycles. The summed E-state index contributed by atoms with van der Waals surface area (Å²) in [5.74, 6) is 5.89. The number of anilines is 2. The lowest BCUT2D eigenvalue weighted by molar-refractivity contribution is -0.385. The Bertz CT molecular complexity index is 1260. The first-order valence-electron chi connectivity index (χ1n) is 10.1. The zero-order valence-electron chi connectivity index (χ0n) is 17.7. The first kappa shape index (κ1) is 21.9. The molecule has 1 saturated heterocycles. The largest absolute Gasteiger partial charge is 0.337 e. The highest BCUT2D eigenvalue weighted by Gasteiger charge is 2.27. The number of nitro benzene ring substituents is 1. The van der Waals surface area contributed by atoms with Gasteiger partial charge in [0.15, 0.2) is 5.82 Å². The molecular weight excluding hydrogens is 433 g/mol. The molecule has 3 aromatic rings. The molecule has 1 aliphatic rings. The van der Waals surface area contributed by atoms with Crippen molar-refractivity contribution in [2.75, 3.05) is 25.5 Å². The first-order chi connectivity index (χ1) is 15.3. The van der Waals surface area contributed by atoms with E-state index in [1.54, 1.807) is 12.1 Å². The summed E-state index contributed by atoms with van der Waals surface area (Å²) in [4.78, 5) is 22.0. The summed E-state index contributed by atoms with van der Waals surface area (Å²) in [6.07, 6.45) is 3.12. The molecule has 0 radical (unpaired) electrons. The number of nitrogens with one attached hydrogen (secondary N) is 1. The molecule has 4 rings (SSSR count). The van der Waals surface area contributed by atoms with E-state index in [-0.39, 0.29) is 27.6 Å². The predicted molar refractivity (Wildman–Crippen MR) is 123 cm³/mol. The van der Waals surface area contributed by atoms with E-state index < -0.39 is 10.7 Å². The van der Waals surface area contributed by atoms with E-state index in [4.69, 9.17) is 11.6 Å². The van der Waals surface area contributed by atoms with Crippen LogP contribution in [0.4, 0.5) is 21.6 Å². The number of aromatic nitrogens is 2. The number of hydrogen-bond donors (Lipinski definition) is 1.